The van der Waals surface area contributed by atoms with Crippen LogP contribution in [-0.2, 0) is 6.54 Å². The van der Waals surface area contributed by atoms with E-state index in [0.29, 0.717) is 11.9 Å². The van der Waals surface area contributed by atoms with Crippen molar-refractivity contribution in [2.45, 2.75) is 25.4 Å². The average Bonchev–Trinajstić information content (AvgIpc) is 2.97. The molecule has 0 atom stereocenters. The molecule has 0 aliphatic carbocycles. The Morgan fingerprint density at radius 1 is 1.25 bits per heavy atom. The summed E-state index contributed by atoms with van der Waals surface area (Å²) in [6, 6.07) is 10.7. The number of piperidine rings is 1. The number of benzene rings is 1. The van der Waals surface area contributed by atoms with E-state index in [-0.39, 0.29) is 0 Å². The molecule has 0 saturated carbocycles. The highest BCUT2D eigenvalue weighted by Crippen LogP contribution is 2.19. The minimum atomic E-state index is 0.670. The molecule has 1 N–H and O–H groups in total. The number of nitrogens with one attached hydrogen (secondary N) is 1. The molecule has 2 heterocycles. The van der Waals surface area contributed by atoms with Gasteiger partial charge in [-0.15, -0.1) is 0 Å². The summed E-state index contributed by atoms with van der Waals surface area (Å²) in [5.74, 6) is 0.714. The summed E-state index contributed by atoms with van der Waals surface area (Å²) in [5, 5.41) is 3.35. The molecule has 1 aromatic heterocycles. The first kappa shape index (κ1) is 13.3. The average molecular weight is 271 g/mol. The van der Waals surface area contributed by atoms with Crippen molar-refractivity contribution < 1.29 is 4.42 Å². The van der Waals surface area contributed by atoms with Gasteiger partial charge in [0, 0.05) is 31.2 Å². The molecule has 4 heteroatoms. The number of hydrogen-bond acceptors (Lipinski definition) is 4. The monoisotopic (exact) mass is 271 g/mol. The van der Waals surface area contributed by atoms with E-state index < -0.39 is 0 Å². The Balaban J connectivity index is 1.61. The molecule has 106 valence electrons. The molecular weight excluding hydrogens is 250 g/mol. The van der Waals surface area contributed by atoms with Crippen LogP contribution in [-0.4, -0.2) is 36.1 Å². The number of rotatable bonds is 4. The van der Waals surface area contributed by atoms with E-state index in [9.17, 15) is 0 Å². The molecule has 0 radical (unpaired) electrons. The SMILES string of the molecule is CNC1CCN(Cc2coc(-c3ccccc3)n2)CC1. The molecular formula is C16H21N3O. The third-order valence-electron chi connectivity index (χ3n) is 3.95. The van der Waals surface area contributed by atoms with Crippen molar-refractivity contribution in [3.8, 4) is 11.5 Å². The van der Waals surface area contributed by atoms with Gasteiger partial charge in [-0.25, -0.2) is 4.98 Å². The van der Waals surface area contributed by atoms with Crippen molar-refractivity contribution in [1.29, 1.82) is 0 Å². The molecule has 4 nitrogen and oxygen atoms in total. The van der Waals surface area contributed by atoms with Gasteiger partial charge >= 0.3 is 0 Å². The highest BCUT2D eigenvalue weighted by Gasteiger charge is 2.18. The van der Waals surface area contributed by atoms with Crippen molar-refractivity contribution in [3.05, 3.63) is 42.3 Å². The lowest BCUT2D eigenvalue weighted by Gasteiger charge is -2.31. The second kappa shape index (κ2) is 6.20. The zero-order chi connectivity index (χ0) is 13.8. The summed E-state index contributed by atoms with van der Waals surface area (Å²) in [7, 11) is 2.05. The third-order valence-corrected chi connectivity index (χ3v) is 3.95. The van der Waals surface area contributed by atoms with Crippen LogP contribution in [0.4, 0.5) is 0 Å². The minimum Gasteiger partial charge on any atom is -0.444 e. The van der Waals surface area contributed by atoms with Crippen molar-refractivity contribution >= 4 is 0 Å². The van der Waals surface area contributed by atoms with Crippen LogP contribution in [0.15, 0.2) is 41.0 Å². The molecule has 0 amide bonds. The summed E-state index contributed by atoms with van der Waals surface area (Å²) >= 11 is 0. The number of oxazole rings is 1. The van der Waals surface area contributed by atoms with Crippen molar-refractivity contribution in [3.63, 3.8) is 0 Å². The van der Waals surface area contributed by atoms with E-state index in [1.54, 1.807) is 6.26 Å². The van der Waals surface area contributed by atoms with Crippen LogP contribution in [0.2, 0.25) is 0 Å². The van der Waals surface area contributed by atoms with Gasteiger partial charge in [-0.05, 0) is 32.0 Å². The number of likely N-dealkylation sites (tertiary alicyclic amines) is 1. The summed E-state index contributed by atoms with van der Waals surface area (Å²) in [6.45, 7) is 3.13. The van der Waals surface area contributed by atoms with Gasteiger partial charge in [0.15, 0.2) is 0 Å². The highest BCUT2D eigenvalue weighted by molar-refractivity contribution is 5.52. The first-order valence-electron chi connectivity index (χ1n) is 7.24. The largest absolute Gasteiger partial charge is 0.444 e. The normalized spacial score (nSPS) is 17.4. The topological polar surface area (TPSA) is 41.3 Å². The molecule has 3 rings (SSSR count). The van der Waals surface area contributed by atoms with Crippen molar-refractivity contribution in [2.75, 3.05) is 20.1 Å². The van der Waals surface area contributed by atoms with Crippen LogP contribution in [0, 0.1) is 0 Å². The fourth-order valence-corrected chi connectivity index (χ4v) is 2.70. The predicted octanol–water partition coefficient (Wildman–Crippen LogP) is 2.53. The van der Waals surface area contributed by atoms with E-state index in [1.165, 1.54) is 12.8 Å². The second-order valence-corrected chi connectivity index (χ2v) is 5.35. The second-order valence-electron chi connectivity index (χ2n) is 5.35. The van der Waals surface area contributed by atoms with Gasteiger partial charge in [0.25, 0.3) is 0 Å². The molecule has 0 spiro atoms. The van der Waals surface area contributed by atoms with Crippen LogP contribution >= 0.6 is 0 Å². The van der Waals surface area contributed by atoms with Gasteiger partial charge < -0.3 is 9.73 Å². The Labute approximate surface area is 119 Å². The molecule has 0 bridgehead atoms. The number of aromatic nitrogens is 1. The Bertz CT molecular complexity index is 530. The van der Waals surface area contributed by atoms with E-state index >= 15 is 0 Å². The smallest absolute Gasteiger partial charge is 0.226 e. The van der Waals surface area contributed by atoms with E-state index in [2.05, 4.69) is 15.2 Å². The first-order chi connectivity index (χ1) is 9.85. The maximum atomic E-state index is 5.58. The number of nitrogens with zero attached hydrogens (tertiary/aromatic N) is 2. The van der Waals surface area contributed by atoms with E-state index in [4.69, 9.17) is 4.42 Å². The van der Waals surface area contributed by atoms with Crippen LogP contribution in [0.5, 0.6) is 0 Å². The summed E-state index contributed by atoms with van der Waals surface area (Å²) < 4.78 is 5.58. The molecule has 20 heavy (non-hydrogen) atoms. The summed E-state index contributed by atoms with van der Waals surface area (Å²) in [5.41, 5.74) is 2.06. The Kier molecular flexibility index (Phi) is 4.14. The predicted molar refractivity (Wildman–Crippen MR) is 79.3 cm³/mol. The summed E-state index contributed by atoms with van der Waals surface area (Å²) in [4.78, 5) is 7.03. The zero-order valence-electron chi connectivity index (χ0n) is 11.9. The molecule has 0 unspecified atom stereocenters. The third kappa shape index (κ3) is 3.08. The fourth-order valence-electron chi connectivity index (χ4n) is 2.70. The fraction of sp³-hybridized carbons (Fsp3) is 0.438. The lowest BCUT2D eigenvalue weighted by molar-refractivity contribution is 0.192. The van der Waals surface area contributed by atoms with Crippen LogP contribution in [0.25, 0.3) is 11.5 Å². The van der Waals surface area contributed by atoms with E-state index in [1.807, 2.05) is 37.4 Å². The number of hydrogen-bond donors (Lipinski definition) is 1. The van der Waals surface area contributed by atoms with Crippen LogP contribution < -0.4 is 5.32 Å². The Morgan fingerprint density at radius 3 is 2.70 bits per heavy atom. The van der Waals surface area contributed by atoms with Gasteiger partial charge in [0.1, 0.15) is 6.26 Å². The van der Waals surface area contributed by atoms with Gasteiger partial charge in [0.2, 0.25) is 5.89 Å². The maximum absolute atomic E-state index is 5.58. The first-order valence-corrected chi connectivity index (χ1v) is 7.24. The Morgan fingerprint density at radius 2 is 2.00 bits per heavy atom. The molecule has 1 aliphatic heterocycles. The van der Waals surface area contributed by atoms with Gasteiger partial charge in [0.05, 0.1) is 5.69 Å². The lowest BCUT2D eigenvalue weighted by atomic mass is 10.1. The van der Waals surface area contributed by atoms with E-state index in [0.717, 1.165) is 30.9 Å². The van der Waals surface area contributed by atoms with Gasteiger partial charge in [-0.1, -0.05) is 18.2 Å². The minimum absolute atomic E-state index is 0.670. The van der Waals surface area contributed by atoms with Gasteiger partial charge in [-0.3, -0.25) is 4.90 Å². The van der Waals surface area contributed by atoms with Crippen LogP contribution in [0.1, 0.15) is 18.5 Å². The zero-order valence-corrected chi connectivity index (χ0v) is 11.9. The van der Waals surface area contributed by atoms with Gasteiger partial charge in [-0.2, -0.15) is 0 Å². The molecule has 1 aliphatic rings. The molecule has 1 saturated heterocycles. The highest BCUT2D eigenvalue weighted by atomic mass is 16.3. The molecule has 1 fully saturated rings. The standard InChI is InChI=1S/C16H21N3O/c1-17-14-7-9-19(10-8-14)11-15-12-20-16(18-15)13-5-3-2-4-6-13/h2-6,12,14,17H,7-11H2,1H3. The maximum Gasteiger partial charge on any atom is 0.226 e. The van der Waals surface area contributed by atoms with Crippen molar-refractivity contribution in [2.24, 2.45) is 0 Å². The summed E-state index contributed by atoms with van der Waals surface area (Å²) in [6.07, 6.45) is 4.20. The van der Waals surface area contributed by atoms with Crippen molar-refractivity contribution in [1.82, 2.24) is 15.2 Å². The quantitative estimate of drug-likeness (QED) is 0.928. The molecule has 2 aromatic rings. The lowest BCUT2D eigenvalue weighted by Crippen LogP contribution is -2.40. The van der Waals surface area contributed by atoms with Crippen LogP contribution in [0.3, 0.4) is 0 Å². The Hall–Kier alpha value is -1.65. The molecule has 1 aromatic carbocycles.